The molecule has 0 N–H and O–H groups in total. The van der Waals surface area contributed by atoms with Gasteiger partial charge >= 0.3 is 0 Å². The Kier molecular flexibility index (Phi) is 5.45. The van der Waals surface area contributed by atoms with Gasteiger partial charge in [0.2, 0.25) is 10.0 Å². The zero-order valence-electron chi connectivity index (χ0n) is 14.8. The van der Waals surface area contributed by atoms with Gasteiger partial charge in [-0.05, 0) is 48.1 Å². The molecule has 0 aromatic heterocycles. The predicted molar refractivity (Wildman–Crippen MR) is 100 cm³/mol. The monoisotopic (exact) mass is 359 g/mol. The van der Waals surface area contributed by atoms with E-state index in [9.17, 15) is 8.42 Å². The van der Waals surface area contributed by atoms with Crippen LogP contribution in [-0.4, -0.2) is 32.1 Å². The lowest BCUT2D eigenvalue weighted by Crippen LogP contribution is -2.42. The average Bonchev–Trinajstić information content (AvgIpc) is 2.62. The van der Waals surface area contributed by atoms with Crippen molar-refractivity contribution >= 4 is 10.0 Å². The smallest absolute Gasteiger partial charge is 0.214 e. The summed E-state index contributed by atoms with van der Waals surface area (Å²) < 4.78 is 32.7. The molecule has 4 nitrogen and oxygen atoms in total. The molecule has 0 amide bonds. The van der Waals surface area contributed by atoms with Gasteiger partial charge in [0, 0.05) is 6.54 Å². The fourth-order valence-corrected chi connectivity index (χ4v) is 5.25. The fourth-order valence-electron chi connectivity index (χ4n) is 3.55. The van der Waals surface area contributed by atoms with Gasteiger partial charge in [0.15, 0.2) is 0 Å². The third-order valence-electron chi connectivity index (χ3n) is 4.75. The molecule has 1 unspecified atom stereocenters. The quantitative estimate of drug-likeness (QED) is 0.792. The summed E-state index contributed by atoms with van der Waals surface area (Å²) >= 11 is 0. The topological polar surface area (TPSA) is 46.6 Å². The Labute approximate surface area is 150 Å². The molecule has 5 heteroatoms. The SMILES string of the molecule is CCCS(=O)(=O)N1CCc2cc(OC)ccc2C1Cc1ccccc1. The second-order valence-electron chi connectivity index (χ2n) is 6.45. The molecule has 1 heterocycles. The molecule has 0 saturated heterocycles. The third kappa shape index (κ3) is 3.88. The van der Waals surface area contributed by atoms with Crippen molar-refractivity contribution in [1.82, 2.24) is 4.31 Å². The second-order valence-corrected chi connectivity index (χ2v) is 8.49. The highest BCUT2D eigenvalue weighted by atomic mass is 32.2. The molecule has 134 valence electrons. The lowest BCUT2D eigenvalue weighted by Gasteiger charge is -2.36. The number of hydrogen-bond acceptors (Lipinski definition) is 3. The van der Waals surface area contributed by atoms with Gasteiger partial charge in [-0.2, -0.15) is 4.31 Å². The van der Waals surface area contributed by atoms with Crippen molar-refractivity contribution in [1.29, 1.82) is 0 Å². The first-order chi connectivity index (χ1) is 12.0. The number of hydrogen-bond donors (Lipinski definition) is 0. The maximum atomic E-state index is 12.8. The zero-order valence-corrected chi connectivity index (χ0v) is 15.6. The van der Waals surface area contributed by atoms with E-state index in [1.807, 2.05) is 43.3 Å². The van der Waals surface area contributed by atoms with Crippen molar-refractivity contribution in [3.8, 4) is 5.75 Å². The van der Waals surface area contributed by atoms with E-state index in [1.54, 1.807) is 11.4 Å². The molecule has 2 aromatic carbocycles. The van der Waals surface area contributed by atoms with Crippen LogP contribution in [0.25, 0.3) is 0 Å². The van der Waals surface area contributed by atoms with Crippen LogP contribution >= 0.6 is 0 Å². The maximum absolute atomic E-state index is 12.8. The van der Waals surface area contributed by atoms with Gasteiger partial charge in [-0.3, -0.25) is 0 Å². The molecule has 1 atom stereocenters. The summed E-state index contributed by atoms with van der Waals surface area (Å²) in [4.78, 5) is 0. The van der Waals surface area contributed by atoms with Crippen LogP contribution in [0.15, 0.2) is 48.5 Å². The van der Waals surface area contributed by atoms with Crippen molar-refractivity contribution in [3.05, 3.63) is 65.2 Å². The van der Waals surface area contributed by atoms with Crippen LogP contribution in [-0.2, 0) is 22.9 Å². The first-order valence-corrected chi connectivity index (χ1v) is 10.4. The van der Waals surface area contributed by atoms with Crippen LogP contribution in [0, 0.1) is 0 Å². The van der Waals surface area contributed by atoms with Crippen LogP contribution in [0.4, 0.5) is 0 Å². The highest BCUT2D eigenvalue weighted by Crippen LogP contribution is 2.36. The normalized spacial score (nSPS) is 17.9. The maximum Gasteiger partial charge on any atom is 0.214 e. The van der Waals surface area contributed by atoms with Crippen LogP contribution < -0.4 is 4.74 Å². The van der Waals surface area contributed by atoms with Crippen molar-refractivity contribution in [3.63, 3.8) is 0 Å². The molecule has 1 aliphatic heterocycles. The van der Waals surface area contributed by atoms with Crippen LogP contribution in [0.1, 0.15) is 36.1 Å². The van der Waals surface area contributed by atoms with Gasteiger partial charge in [0.1, 0.15) is 5.75 Å². The van der Waals surface area contributed by atoms with Crippen LogP contribution in [0.2, 0.25) is 0 Å². The van der Waals surface area contributed by atoms with Crippen LogP contribution in [0.3, 0.4) is 0 Å². The average molecular weight is 359 g/mol. The van der Waals surface area contributed by atoms with E-state index in [4.69, 9.17) is 4.74 Å². The Morgan fingerprint density at radius 3 is 2.60 bits per heavy atom. The van der Waals surface area contributed by atoms with E-state index in [-0.39, 0.29) is 11.8 Å². The van der Waals surface area contributed by atoms with E-state index in [0.29, 0.717) is 19.4 Å². The molecule has 2 aromatic rings. The summed E-state index contributed by atoms with van der Waals surface area (Å²) in [6, 6.07) is 15.9. The van der Waals surface area contributed by atoms with Gasteiger partial charge in [-0.15, -0.1) is 0 Å². The summed E-state index contributed by atoms with van der Waals surface area (Å²) in [6.45, 7) is 2.44. The van der Waals surface area contributed by atoms with Crippen molar-refractivity contribution in [2.45, 2.75) is 32.2 Å². The molecule has 0 saturated carbocycles. The summed E-state index contributed by atoms with van der Waals surface area (Å²) in [5.74, 6) is 1.02. The zero-order chi connectivity index (χ0) is 17.9. The molecular formula is C20H25NO3S. The molecule has 25 heavy (non-hydrogen) atoms. The number of ether oxygens (including phenoxy) is 1. The largest absolute Gasteiger partial charge is 0.497 e. The predicted octanol–water partition coefficient (Wildman–Crippen LogP) is 3.58. The second kappa shape index (κ2) is 7.58. The van der Waals surface area contributed by atoms with E-state index in [0.717, 1.165) is 23.3 Å². The molecule has 0 bridgehead atoms. The van der Waals surface area contributed by atoms with E-state index < -0.39 is 10.0 Å². The lowest BCUT2D eigenvalue weighted by atomic mass is 9.90. The number of benzene rings is 2. The minimum absolute atomic E-state index is 0.159. The number of rotatable bonds is 6. The van der Waals surface area contributed by atoms with Gasteiger partial charge < -0.3 is 4.74 Å². The molecule has 0 spiro atoms. The lowest BCUT2D eigenvalue weighted by molar-refractivity contribution is 0.305. The molecular weight excluding hydrogens is 334 g/mol. The van der Waals surface area contributed by atoms with Crippen LogP contribution in [0.5, 0.6) is 5.75 Å². The number of nitrogens with zero attached hydrogens (tertiary/aromatic N) is 1. The first-order valence-electron chi connectivity index (χ1n) is 8.75. The number of fused-ring (bicyclic) bond motifs is 1. The van der Waals surface area contributed by atoms with E-state index in [2.05, 4.69) is 12.1 Å². The Balaban J connectivity index is 2.02. The summed E-state index contributed by atoms with van der Waals surface area (Å²) in [5.41, 5.74) is 3.42. The van der Waals surface area contributed by atoms with Gasteiger partial charge in [-0.25, -0.2) is 8.42 Å². The van der Waals surface area contributed by atoms with Crippen molar-refractivity contribution in [2.24, 2.45) is 0 Å². The highest BCUT2D eigenvalue weighted by Gasteiger charge is 2.35. The van der Waals surface area contributed by atoms with Crippen molar-refractivity contribution in [2.75, 3.05) is 19.4 Å². The van der Waals surface area contributed by atoms with E-state index in [1.165, 1.54) is 5.56 Å². The fraction of sp³-hybridized carbons (Fsp3) is 0.400. The summed E-state index contributed by atoms with van der Waals surface area (Å²) in [5, 5.41) is 0. The minimum Gasteiger partial charge on any atom is -0.497 e. The Hall–Kier alpha value is -1.85. The highest BCUT2D eigenvalue weighted by molar-refractivity contribution is 7.89. The van der Waals surface area contributed by atoms with Crippen molar-refractivity contribution < 1.29 is 13.2 Å². The van der Waals surface area contributed by atoms with Gasteiger partial charge in [0.05, 0.1) is 18.9 Å². The Morgan fingerprint density at radius 2 is 1.92 bits per heavy atom. The molecule has 1 aliphatic rings. The number of methoxy groups -OCH3 is 1. The summed E-state index contributed by atoms with van der Waals surface area (Å²) in [6.07, 6.45) is 2.04. The summed E-state index contributed by atoms with van der Waals surface area (Å²) in [7, 11) is -1.60. The third-order valence-corrected chi connectivity index (χ3v) is 6.83. The standard InChI is InChI=1S/C20H25NO3S/c1-3-13-25(22,23)21-12-11-17-15-18(24-2)9-10-19(17)20(21)14-16-7-5-4-6-8-16/h4-10,15,20H,3,11-14H2,1-2H3. The molecule has 3 rings (SSSR count). The minimum atomic E-state index is -3.26. The Bertz CT molecular complexity index is 818. The molecule has 0 radical (unpaired) electrons. The Morgan fingerprint density at radius 1 is 1.16 bits per heavy atom. The number of sulfonamides is 1. The molecule has 0 fully saturated rings. The van der Waals surface area contributed by atoms with Gasteiger partial charge in [-0.1, -0.05) is 43.3 Å². The van der Waals surface area contributed by atoms with Gasteiger partial charge in [0.25, 0.3) is 0 Å². The molecule has 0 aliphatic carbocycles. The first kappa shape index (κ1) is 18.0. The van der Waals surface area contributed by atoms with E-state index >= 15 is 0 Å².